The summed E-state index contributed by atoms with van der Waals surface area (Å²) in [5.41, 5.74) is 5.87. The van der Waals surface area contributed by atoms with Crippen LogP contribution in [0.2, 0.25) is 0 Å². The average molecular weight is 553 g/mol. The highest BCUT2D eigenvalue weighted by molar-refractivity contribution is 7.07. The van der Waals surface area contributed by atoms with Crippen molar-refractivity contribution in [1.29, 1.82) is 0 Å². The van der Waals surface area contributed by atoms with Gasteiger partial charge in [-0.15, -0.1) is 11.3 Å². The molecule has 0 aliphatic carbocycles. The lowest BCUT2D eigenvalue weighted by Crippen LogP contribution is -2.41. The normalized spacial score (nSPS) is 15.1. The fraction of sp³-hybridized carbons (Fsp3) is 0.160. The summed E-state index contributed by atoms with van der Waals surface area (Å²) in [4.78, 5) is 60.7. The van der Waals surface area contributed by atoms with Gasteiger partial charge >= 0.3 is 11.9 Å². The minimum Gasteiger partial charge on any atom is -0.466 e. The minimum absolute atomic E-state index is 0.0271. The van der Waals surface area contributed by atoms with Crippen molar-refractivity contribution >= 4 is 52.1 Å². The summed E-state index contributed by atoms with van der Waals surface area (Å²) in [5.74, 6) is -3.18. The van der Waals surface area contributed by atoms with Gasteiger partial charge in [-0.25, -0.2) is 9.59 Å². The topological polar surface area (TPSA) is 187 Å². The number of carbonyl (C=O) groups is 2. The van der Waals surface area contributed by atoms with Crippen molar-refractivity contribution in [1.82, 2.24) is 4.57 Å². The van der Waals surface area contributed by atoms with Gasteiger partial charge in [0.05, 0.1) is 45.2 Å². The number of hydrogen-bond donors (Lipinski definition) is 1. The van der Waals surface area contributed by atoms with E-state index in [2.05, 4.69) is 0 Å². The molecule has 0 fully saturated rings. The van der Waals surface area contributed by atoms with Crippen LogP contribution in [-0.4, -0.2) is 40.1 Å². The standard InChI is InChI=1S/C25H20N4O9S/c1-3-38-25(32)19-18(14-6-10-16(11-7-14)29(35)36)20(24(31)37-2)23-27(21(19)26)22(30)17(39-23)12-13-4-8-15(9-5-13)28(33)34/h4-12,18H,3,26H2,1-2H3/b17-12-/t18-/m1/s1. The summed E-state index contributed by atoms with van der Waals surface area (Å²) in [5, 5.41) is 22.1. The Kier molecular flexibility index (Phi) is 7.40. The molecule has 3 aromatic rings. The third-order valence-electron chi connectivity index (χ3n) is 5.89. The number of non-ortho nitro benzene ring substituents is 2. The van der Waals surface area contributed by atoms with Crippen LogP contribution in [0.1, 0.15) is 24.0 Å². The zero-order chi connectivity index (χ0) is 28.4. The molecule has 1 aromatic heterocycles. The largest absolute Gasteiger partial charge is 0.466 e. The van der Waals surface area contributed by atoms with Crippen LogP contribution in [0.5, 0.6) is 0 Å². The number of thiazole rings is 1. The molecule has 4 rings (SSSR count). The molecule has 0 saturated carbocycles. The SMILES string of the molecule is CCOC(=O)C1=C(N)n2c(s/c(=C\c3ccc([N+](=O)[O-])cc3)c2=O)=C(C(=O)OC)[C@@H]1c1ccc([N+](=O)[O-])cc1. The van der Waals surface area contributed by atoms with Crippen molar-refractivity contribution in [2.45, 2.75) is 12.8 Å². The zero-order valence-corrected chi connectivity index (χ0v) is 21.3. The van der Waals surface area contributed by atoms with E-state index >= 15 is 0 Å². The molecule has 0 radical (unpaired) electrons. The number of carbonyl (C=O) groups excluding carboxylic acids is 2. The Morgan fingerprint density at radius 3 is 2.08 bits per heavy atom. The molecule has 0 spiro atoms. The molecule has 1 atom stereocenters. The Morgan fingerprint density at radius 2 is 1.56 bits per heavy atom. The second-order valence-electron chi connectivity index (χ2n) is 8.11. The van der Waals surface area contributed by atoms with Gasteiger partial charge < -0.3 is 15.2 Å². The molecule has 1 aliphatic heterocycles. The molecule has 0 bridgehead atoms. The van der Waals surface area contributed by atoms with E-state index in [0.29, 0.717) is 11.1 Å². The second kappa shape index (κ2) is 10.7. The summed E-state index contributed by atoms with van der Waals surface area (Å²) in [7, 11) is 1.13. The van der Waals surface area contributed by atoms with Crippen molar-refractivity contribution < 1.29 is 28.9 Å². The van der Waals surface area contributed by atoms with Crippen LogP contribution in [0, 0.1) is 20.2 Å². The number of nitro groups is 2. The summed E-state index contributed by atoms with van der Waals surface area (Å²) in [6.07, 6.45) is 1.47. The lowest BCUT2D eigenvalue weighted by Gasteiger charge is -2.26. The summed E-state index contributed by atoms with van der Waals surface area (Å²) in [6, 6.07) is 10.7. The summed E-state index contributed by atoms with van der Waals surface area (Å²) in [6.45, 7) is 1.55. The quantitative estimate of drug-likeness (QED) is 0.255. The molecule has 39 heavy (non-hydrogen) atoms. The van der Waals surface area contributed by atoms with Crippen molar-refractivity contribution in [3.8, 4) is 0 Å². The van der Waals surface area contributed by atoms with E-state index < -0.39 is 33.3 Å². The predicted molar refractivity (Wildman–Crippen MR) is 140 cm³/mol. The molecule has 13 nitrogen and oxygen atoms in total. The molecule has 2 aromatic carbocycles. The van der Waals surface area contributed by atoms with E-state index in [1.807, 2.05) is 0 Å². The maximum Gasteiger partial charge on any atom is 0.338 e. The first kappa shape index (κ1) is 26.9. The highest BCUT2D eigenvalue weighted by Crippen LogP contribution is 2.38. The molecule has 1 aliphatic rings. The monoisotopic (exact) mass is 552 g/mol. The van der Waals surface area contributed by atoms with Crippen LogP contribution >= 0.6 is 11.3 Å². The number of hydrogen-bond acceptors (Lipinski definition) is 11. The maximum atomic E-state index is 13.5. The minimum atomic E-state index is -1.16. The van der Waals surface area contributed by atoms with Gasteiger partial charge in [-0.05, 0) is 36.3 Å². The predicted octanol–water partition coefficient (Wildman–Crippen LogP) is 1.37. The van der Waals surface area contributed by atoms with Crippen molar-refractivity contribution in [3.05, 3.63) is 105 Å². The first-order valence-corrected chi connectivity index (χ1v) is 12.1. The lowest BCUT2D eigenvalue weighted by molar-refractivity contribution is -0.385. The summed E-state index contributed by atoms with van der Waals surface area (Å²) < 4.78 is 11.4. The second-order valence-corrected chi connectivity index (χ2v) is 9.14. The molecule has 2 N–H and O–H groups in total. The van der Waals surface area contributed by atoms with E-state index in [1.165, 1.54) is 54.6 Å². The van der Waals surface area contributed by atoms with Crippen molar-refractivity contribution in [2.24, 2.45) is 5.73 Å². The van der Waals surface area contributed by atoms with Crippen molar-refractivity contribution in [2.75, 3.05) is 13.7 Å². The number of methoxy groups -OCH3 is 1. The first-order chi connectivity index (χ1) is 18.6. The van der Waals surface area contributed by atoms with Crippen LogP contribution in [-0.2, 0) is 19.1 Å². The van der Waals surface area contributed by atoms with E-state index in [9.17, 15) is 34.6 Å². The fourth-order valence-corrected chi connectivity index (χ4v) is 5.29. The van der Waals surface area contributed by atoms with Crippen molar-refractivity contribution in [3.63, 3.8) is 0 Å². The molecule has 0 amide bonds. The van der Waals surface area contributed by atoms with Gasteiger partial charge in [0.25, 0.3) is 16.9 Å². The van der Waals surface area contributed by atoms with E-state index in [-0.39, 0.29) is 44.1 Å². The van der Waals surface area contributed by atoms with Gasteiger partial charge in [0.15, 0.2) is 0 Å². The number of aromatic nitrogens is 1. The van der Waals surface area contributed by atoms with Crippen LogP contribution in [0.4, 0.5) is 11.4 Å². The number of fused-ring (bicyclic) bond motifs is 1. The number of benzene rings is 2. The summed E-state index contributed by atoms with van der Waals surface area (Å²) >= 11 is 0.905. The van der Waals surface area contributed by atoms with Crippen LogP contribution in [0.15, 0.2) is 58.9 Å². The number of nitro benzene ring substituents is 2. The smallest absolute Gasteiger partial charge is 0.338 e. The van der Waals surface area contributed by atoms with Gasteiger partial charge in [0.1, 0.15) is 10.5 Å². The fourth-order valence-electron chi connectivity index (χ4n) is 4.13. The first-order valence-electron chi connectivity index (χ1n) is 11.3. The Bertz CT molecular complexity index is 1720. The van der Waals surface area contributed by atoms with Gasteiger partial charge in [0, 0.05) is 24.3 Å². The zero-order valence-electron chi connectivity index (χ0n) is 20.5. The Morgan fingerprint density at radius 1 is 1.00 bits per heavy atom. The molecule has 0 unspecified atom stereocenters. The average Bonchev–Trinajstić information content (AvgIpc) is 3.24. The number of nitrogens with zero attached hydrogens (tertiary/aromatic N) is 3. The van der Waals surface area contributed by atoms with Gasteiger partial charge in [0.2, 0.25) is 0 Å². The Balaban J connectivity index is 2.05. The van der Waals surface area contributed by atoms with Gasteiger partial charge in [-0.1, -0.05) is 12.1 Å². The number of esters is 2. The number of nitrogens with two attached hydrogens (primary N) is 1. The van der Waals surface area contributed by atoms with E-state index in [0.717, 1.165) is 23.0 Å². The molecular formula is C25H20N4O9S. The number of ether oxygens (including phenoxy) is 2. The van der Waals surface area contributed by atoms with Gasteiger partial charge in [-0.3, -0.25) is 29.6 Å². The van der Waals surface area contributed by atoms with Crippen LogP contribution in [0.3, 0.4) is 0 Å². The number of rotatable bonds is 7. The maximum absolute atomic E-state index is 13.5. The third-order valence-corrected chi connectivity index (χ3v) is 7.00. The van der Waals surface area contributed by atoms with Crippen LogP contribution in [0.25, 0.3) is 17.5 Å². The van der Waals surface area contributed by atoms with Crippen LogP contribution < -0.4 is 20.5 Å². The Hall–Kier alpha value is -5.11. The lowest BCUT2D eigenvalue weighted by atomic mass is 9.83. The molecular weight excluding hydrogens is 532 g/mol. The molecule has 2 heterocycles. The van der Waals surface area contributed by atoms with E-state index in [4.69, 9.17) is 15.2 Å². The van der Waals surface area contributed by atoms with E-state index in [1.54, 1.807) is 6.92 Å². The third kappa shape index (κ3) is 4.92. The highest BCUT2D eigenvalue weighted by atomic mass is 32.1. The Labute approximate surface area is 223 Å². The molecule has 14 heteroatoms. The molecule has 0 saturated heterocycles. The highest BCUT2D eigenvalue weighted by Gasteiger charge is 2.40. The van der Waals surface area contributed by atoms with Gasteiger partial charge in [-0.2, -0.15) is 0 Å². The molecule has 200 valence electrons.